The molecular formula is C20H23IN2O. The van der Waals surface area contributed by atoms with Crippen LogP contribution in [0.3, 0.4) is 0 Å². The largest absolute Gasteiger partial charge is 0.324 e. The zero-order valence-corrected chi connectivity index (χ0v) is 16.1. The first kappa shape index (κ1) is 17.4. The van der Waals surface area contributed by atoms with Crippen molar-refractivity contribution in [3.05, 3.63) is 63.2 Å². The zero-order chi connectivity index (χ0) is 16.9. The molecule has 1 amide bonds. The number of benzene rings is 2. The van der Waals surface area contributed by atoms with E-state index in [9.17, 15) is 4.79 Å². The highest BCUT2D eigenvalue weighted by atomic mass is 127. The van der Waals surface area contributed by atoms with Gasteiger partial charge in [0, 0.05) is 16.2 Å². The standard InChI is InChI=1S/C20H23IN2O/c1-2-15-7-9-16(10-8-15)13-23(17-11-12-17)14-20(24)22-19-6-4-3-5-18(19)21/h3-10,17H,2,11-14H2,1H3,(H,22,24). The lowest BCUT2D eigenvalue weighted by molar-refractivity contribution is -0.117. The van der Waals surface area contributed by atoms with Gasteiger partial charge in [-0.15, -0.1) is 0 Å². The molecule has 24 heavy (non-hydrogen) atoms. The molecule has 0 aromatic heterocycles. The van der Waals surface area contributed by atoms with E-state index in [2.05, 4.69) is 64.0 Å². The summed E-state index contributed by atoms with van der Waals surface area (Å²) in [6.07, 6.45) is 3.46. The van der Waals surface area contributed by atoms with E-state index in [-0.39, 0.29) is 5.91 Å². The molecule has 0 spiro atoms. The second-order valence-corrected chi connectivity index (χ2v) is 7.50. The number of rotatable bonds is 7. The minimum atomic E-state index is 0.0659. The number of nitrogens with zero attached hydrogens (tertiary/aromatic N) is 1. The Labute approximate surface area is 157 Å². The van der Waals surface area contributed by atoms with Crippen molar-refractivity contribution in [2.45, 2.75) is 38.8 Å². The third kappa shape index (κ3) is 4.80. The molecule has 1 N–H and O–H groups in total. The first-order chi connectivity index (χ1) is 11.7. The average Bonchev–Trinajstić information content (AvgIpc) is 3.42. The van der Waals surface area contributed by atoms with Crippen LogP contribution in [0.2, 0.25) is 0 Å². The van der Waals surface area contributed by atoms with Crippen LogP contribution in [0.25, 0.3) is 0 Å². The summed E-state index contributed by atoms with van der Waals surface area (Å²) < 4.78 is 1.07. The van der Waals surface area contributed by atoms with E-state index in [1.807, 2.05) is 24.3 Å². The average molecular weight is 434 g/mol. The first-order valence-corrected chi connectivity index (χ1v) is 9.60. The van der Waals surface area contributed by atoms with Gasteiger partial charge in [-0.25, -0.2) is 0 Å². The van der Waals surface area contributed by atoms with Crippen molar-refractivity contribution >= 4 is 34.2 Å². The van der Waals surface area contributed by atoms with Gasteiger partial charge in [0.15, 0.2) is 0 Å². The Morgan fingerprint density at radius 1 is 1.12 bits per heavy atom. The van der Waals surface area contributed by atoms with E-state index in [4.69, 9.17) is 0 Å². The molecule has 0 saturated heterocycles. The normalized spacial score (nSPS) is 14.0. The van der Waals surface area contributed by atoms with Gasteiger partial charge in [-0.05, 0) is 65.1 Å². The molecule has 0 bridgehead atoms. The number of anilines is 1. The van der Waals surface area contributed by atoms with Gasteiger partial charge in [-0.2, -0.15) is 0 Å². The van der Waals surface area contributed by atoms with Crippen LogP contribution in [-0.4, -0.2) is 23.4 Å². The number of hydrogen-bond acceptors (Lipinski definition) is 2. The highest BCUT2D eigenvalue weighted by Gasteiger charge is 2.30. The Morgan fingerprint density at radius 3 is 2.42 bits per heavy atom. The lowest BCUT2D eigenvalue weighted by Gasteiger charge is -2.22. The highest BCUT2D eigenvalue weighted by Crippen LogP contribution is 2.28. The maximum absolute atomic E-state index is 12.4. The minimum Gasteiger partial charge on any atom is -0.324 e. The molecule has 3 nitrogen and oxygen atoms in total. The Balaban J connectivity index is 1.61. The summed E-state index contributed by atoms with van der Waals surface area (Å²) in [6.45, 7) is 3.46. The van der Waals surface area contributed by atoms with E-state index in [0.29, 0.717) is 12.6 Å². The van der Waals surface area contributed by atoms with Crippen LogP contribution in [-0.2, 0) is 17.8 Å². The number of halogens is 1. The Morgan fingerprint density at radius 2 is 1.79 bits per heavy atom. The lowest BCUT2D eigenvalue weighted by atomic mass is 10.1. The van der Waals surface area contributed by atoms with E-state index in [1.165, 1.54) is 24.0 Å². The maximum atomic E-state index is 12.4. The van der Waals surface area contributed by atoms with Gasteiger partial charge in [-0.1, -0.05) is 43.3 Å². The van der Waals surface area contributed by atoms with Crippen molar-refractivity contribution < 1.29 is 4.79 Å². The van der Waals surface area contributed by atoms with Crippen molar-refractivity contribution in [2.75, 3.05) is 11.9 Å². The van der Waals surface area contributed by atoms with Crippen molar-refractivity contribution in [2.24, 2.45) is 0 Å². The summed E-state index contributed by atoms with van der Waals surface area (Å²) in [6, 6.07) is 17.2. The fourth-order valence-corrected chi connectivity index (χ4v) is 3.33. The van der Waals surface area contributed by atoms with Crippen LogP contribution in [0.4, 0.5) is 5.69 Å². The number of nitrogens with one attached hydrogen (secondary N) is 1. The third-order valence-corrected chi connectivity index (χ3v) is 5.32. The number of aryl methyl sites for hydroxylation is 1. The Hall–Kier alpha value is -1.40. The van der Waals surface area contributed by atoms with E-state index < -0.39 is 0 Å². The van der Waals surface area contributed by atoms with Gasteiger partial charge >= 0.3 is 0 Å². The maximum Gasteiger partial charge on any atom is 0.238 e. The van der Waals surface area contributed by atoms with Gasteiger partial charge in [-0.3, -0.25) is 9.69 Å². The molecule has 0 atom stereocenters. The second-order valence-electron chi connectivity index (χ2n) is 6.33. The molecule has 2 aromatic carbocycles. The van der Waals surface area contributed by atoms with Crippen LogP contribution in [0, 0.1) is 3.57 Å². The van der Waals surface area contributed by atoms with E-state index >= 15 is 0 Å². The molecule has 2 aromatic rings. The van der Waals surface area contributed by atoms with Gasteiger partial charge in [0.25, 0.3) is 0 Å². The third-order valence-electron chi connectivity index (χ3n) is 4.37. The fraction of sp³-hybridized carbons (Fsp3) is 0.350. The monoisotopic (exact) mass is 434 g/mol. The smallest absolute Gasteiger partial charge is 0.238 e. The fourth-order valence-electron chi connectivity index (χ4n) is 2.81. The topological polar surface area (TPSA) is 32.3 Å². The zero-order valence-electron chi connectivity index (χ0n) is 14.0. The van der Waals surface area contributed by atoms with Crippen molar-refractivity contribution in [3.8, 4) is 0 Å². The number of hydrogen-bond donors (Lipinski definition) is 1. The number of para-hydroxylation sites is 1. The molecule has 4 heteroatoms. The number of carbonyl (C=O) groups excluding carboxylic acids is 1. The predicted molar refractivity (Wildman–Crippen MR) is 107 cm³/mol. The molecule has 1 aliphatic rings. The molecule has 1 saturated carbocycles. The number of carbonyl (C=O) groups is 1. The molecule has 0 radical (unpaired) electrons. The Bertz CT molecular complexity index is 695. The molecule has 3 rings (SSSR count). The first-order valence-electron chi connectivity index (χ1n) is 8.52. The van der Waals surface area contributed by atoms with Crippen LogP contribution in [0.15, 0.2) is 48.5 Å². The summed E-state index contributed by atoms with van der Waals surface area (Å²) in [5, 5.41) is 3.04. The van der Waals surface area contributed by atoms with Gasteiger partial charge in [0.2, 0.25) is 5.91 Å². The molecule has 0 heterocycles. The molecule has 0 aliphatic heterocycles. The van der Waals surface area contributed by atoms with Crippen molar-refractivity contribution in [1.29, 1.82) is 0 Å². The van der Waals surface area contributed by atoms with E-state index in [1.54, 1.807) is 0 Å². The number of amides is 1. The van der Waals surface area contributed by atoms with Gasteiger partial charge < -0.3 is 5.32 Å². The second kappa shape index (κ2) is 8.12. The Kier molecular flexibility index (Phi) is 5.89. The summed E-state index contributed by atoms with van der Waals surface area (Å²) in [4.78, 5) is 14.7. The van der Waals surface area contributed by atoms with Crippen LogP contribution < -0.4 is 5.32 Å². The van der Waals surface area contributed by atoms with E-state index in [0.717, 1.165) is 22.2 Å². The van der Waals surface area contributed by atoms with Crippen LogP contribution >= 0.6 is 22.6 Å². The van der Waals surface area contributed by atoms with Crippen LogP contribution in [0.5, 0.6) is 0 Å². The van der Waals surface area contributed by atoms with Crippen molar-refractivity contribution in [1.82, 2.24) is 4.90 Å². The molecule has 1 fully saturated rings. The summed E-state index contributed by atoms with van der Waals surface area (Å²) >= 11 is 2.25. The SMILES string of the molecule is CCc1ccc(CN(CC(=O)Nc2ccccc2I)C2CC2)cc1. The molecule has 1 aliphatic carbocycles. The van der Waals surface area contributed by atoms with Gasteiger partial charge in [0.1, 0.15) is 0 Å². The highest BCUT2D eigenvalue weighted by molar-refractivity contribution is 14.1. The minimum absolute atomic E-state index is 0.0659. The predicted octanol–water partition coefficient (Wildman–Crippen LogP) is 4.46. The summed E-state index contributed by atoms with van der Waals surface area (Å²) in [7, 11) is 0. The lowest BCUT2D eigenvalue weighted by Crippen LogP contribution is -2.34. The quantitative estimate of drug-likeness (QED) is 0.653. The summed E-state index contributed by atoms with van der Waals surface area (Å²) in [5.74, 6) is 0.0659. The van der Waals surface area contributed by atoms with Crippen LogP contribution in [0.1, 0.15) is 30.9 Å². The van der Waals surface area contributed by atoms with Crippen molar-refractivity contribution in [3.63, 3.8) is 0 Å². The van der Waals surface area contributed by atoms with Gasteiger partial charge in [0.05, 0.1) is 12.2 Å². The molecule has 0 unspecified atom stereocenters. The molecular weight excluding hydrogens is 411 g/mol. The summed E-state index contributed by atoms with van der Waals surface area (Å²) in [5.41, 5.74) is 3.53. The molecule has 126 valence electrons.